The molecule has 3 heterocycles. The van der Waals surface area contributed by atoms with Crippen molar-refractivity contribution in [1.29, 1.82) is 0 Å². The number of anilines is 2. The molecular formula is C20H21F3N6O2S. The summed E-state index contributed by atoms with van der Waals surface area (Å²) in [5, 5.41) is 6.78. The van der Waals surface area contributed by atoms with Gasteiger partial charge < -0.3 is 21.5 Å². The second kappa shape index (κ2) is 8.88. The molecule has 3 atom stereocenters. The molecule has 0 unspecified atom stereocenters. The molecule has 1 fully saturated rings. The van der Waals surface area contributed by atoms with Gasteiger partial charge in [0.1, 0.15) is 33.9 Å². The molecule has 32 heavy (non-hydrogen) atoms. The zero-order valence-corrected chi connectivity index (χ0v) is 17.8. The van der Waals surface area contributed by atoms with E-state index in [1.54, 1.807) is 7.05 Å². The Morgan fingerprint density at radius 3 is 2.75 bits per heavy atom. The molecule has 1 amide bonds. The molecule has 2 aromatic heterocycles. The number of hydrogen-bond donors (Lipinski definition) is 3. The van der Waals surface area contributed by atoms with Gasteiger partial charge in [-0.25, -0.2) is 18.2 Å². The van der Waals surface area contributed by atoms with E-state index in [-0.39, 0.29) is 27.9 Å². The summed E-state index contributed by atoms with van der Waals surface area (Å²) >= 11 is 0.800. The SMILES string of the molecule is Cn1ncc(NC(=O)c2nc(-c3c(F)cccc3F)sc2N)c1[C@@H]1CC[C@@H](N)[C@H](F)CO1. The number of halogens is 3. The van der Waals surface area contributed by atoms with Crippen LogP contribution in [0.1, 0.15) is 35.1 Å². The largest absolute Gasteiger partial charge is 0.389 e. The summed E-state index contributed by atoms with van der Waals surface area (Å²) in [6, 6.07) is 2.80. The number of nitrogens with one attached hydrogen (secondary N) is 1. The molecule has 12 heteroatoms. The monoisotopic (exact) mass is 466 g/mol. The first-order valence-corrected chi connectivity index (χ1v) is 10.6. The van der Waals surface area contributed by atoms with Crippen molar-refractivity contribution >= 4 is 27.9 Å². The minimum absolute atomic E-state index is 0.00237. The number of ether oxygens (including phenoxy) is 1. The molecule has 4 rings (SSSR count). The number of benzene rings is 1. The molecule has 0 aliphatic carbocycles. The Balaban J connectivity index is 1.59. The first-order valence-electron chi connectivity index (χ1n) is 9.81. The molecule has 1 saturated heterocycles. The highest BCUT2D eigenvalue weighted by Crippen LogP contribution is 2.35. The van der Waals surface area contributed by atoms with Crippen molar-refractivity contribution in [3.63, 3.8) is 0 Å². The maximum absolute atomic E-state index is 14.1. The number of aryl methyl sites for hydroxylation is 1. The Bertz CT molecular complexity index is 1120. The van der Waals surface area contributed by atoms with Gasteiger partial charge in [0, 0.05) is 13.1 Å². The van der Waals surface area contributed by atoms with Crippen molar-refractivity contribution in [1.82, 2.24) is 14.8 Å². The lowest BCUT2D eigenvalue weighted by Crippen LogP contribution is -2.32. The summed E-state index contributed by atoms with van der Waals surface area (Å²) in [5.41, 5.74) is 12.1. The molecular weight excluding hydrogens is 445 g/mol. The van der Waals surface area contributed by atoms with Crippen molar-refractivity contribution in [3.8, 4) is 10.6 Å². The van der Waals surface area contributed by atoms with Gasteiger partial charge in [-0.15, -0.1) is 0 Å². The van der Waals surface area contributed by atoms with Crippen LogP contribution >= 0.6 is 11.3 Å². The Labute approximate surface area is 185 Å². The van der Waals surface area contributed by atoms with Gasteiger partial charge in [0.2, 0.25) is 0 Å². The fourth-order valence-corrected chi connectivity index (χ4v) is 4.44. The van der Waals surface area contributed by atoms with E-state index >= 15 is 0 Å². The fraction of sp³-hybridized carbons (Fsp3) is 0.350. The molecule has 0 radical (unpaired) electrons. The number of carbonyl (C=O) groups excluding carboxylic acids is 1. The van der Waals surface area contributed by atoms with Crippen LogP contribution in [0.2, 0.25) is 0 Å². The first-order chi connectivity index (χ1) is 15.3. The van der Waals surface area contributed by atoms with Gasteiger partial charge in [0.15, 0.2) is 5.69 Å². The van der Waals surface area contributed by atoms with Crippen LogP contribution in [-0.2, 0) is 11.8 Å². The number of nitrogen functional groups attached to an aromatic ring is 1. The van der Waals surface area contributed by atoms with Crippen molar-refractivity contribution < 1.29 is 22.7 Å². The average Bonchev–Trinajstić information content (AvgIpc) is 3.25. The summed E-state index contributed by atoms with van der Waals surface area (Å²) in [4.78, 5) is 16.9. The zero-order valence-electron chi connectivity index (χ0n) is 17.0. The van der Waals surface area contributed by atoms with Crippen LogP contribution in [0.4, 0.5) is 23.9 Å². The van der Waals surface area contributed by atoms with E-state index < -0.39 is 35.9 Å². The number of rotatable bonds is 4. The molecule has 1 aromatic carbocycles. The summed E-state index contributed by atoms with van der Waals surface area (Å²) in [7, 11) is 1.67. The third-order valence-corrected chi connectivity index (χ3v) is 6.17. The number of nitrogens with two attached hydrogens (primary N) is 2. The molecule has 1 aliphatic rings. The van der Waals surface area contributed by atoms with Crippen LogP contribution in [0, 0.1) is 11.6 Å². The predicted octanol–water partition coefficient (Wildman–Crippen LogP) is 3.17. The average molecular weight is 466 g/mol. The Hall–Kier alpha value is -2.96. The van der Waals surface area contributed by atoms with Crippen LogP contribution in [0.15, 0.2) is 24.4 Å². The van der Waals surface area contributed by atoms with Gasteiger partial charge in [0.05, 0.1) is 29.7 Å². The molecule has 170 valence electrons. The smallest absolute Gasteiger partial charge is 0.277 e. The van der Waals surface area contributed by atoms with E-state index in [4.69, 9.17) is 16.2 Å². The second-order valence-corrected chi connectivity index (χ2v) is 8.46. The van der Waals surface area contributed by atoms with Crippen molar-refractivity contribution in [2.24, 2.45) is 12.8 Å². The number of nitrogens with zero attached hydrogens (tertiary/aromatic N) is 3. The zero-order chi connectivity index (χ0) is 23.0. The third kappa shape index (κ3) is 4.20. The van der Waals surface area contributed by atoms with Gasteiger partial charge in [-0.2, -0.15) is 5.10 Å². The number of aromatic nitrogens is 3. The van der Waals surface area contributed by atoms with Gasteiger partial charge in [0.25, 0.3) is 5.91 Å². The van der Waals surface area contributed by atoms with E-state index in [1.807, 2.05) is 0 Å². The first kappa shape index (κ1) is 22.2. The van der Waals surface area contributed by atoms with Crippen molar-refractivity contribution in [2.75, 3.05) is 17.7 Å². The van der Waals surface area contributed by atoms with E-state index in [0.717, 1.165) is 23.5 Å². The van der Waals surface area contributed by atoms with Crippen LogP contribution in [0.5, 0.6) is 0 Å². The number of hydrogen-bond acceptors (Lipinski definition) is 7. The summed E-state index contributed by atoms with van der Waals surface area (Å²) in [5.74, 6) is -2.30. The highest BCUT2D eigenvalue weighted by molar-refractivity contribution is 7.19. The normalized spacial score (nSPS) is 21.3. The third-order valence-electron chi connectivity index (χ3n) is 5.27. The minimum atomic E-state index is -1.28. The van der Waals surface area contributed by atoms with Crippen LogP contribution < -0.4 is 16.8 Å². The van der Waals surface area contributed by atoms with E-state index in [0.29, 0.717) is 24.2 Å². The lowest BCUT2D eigenvalue weighted by atomic mass is 10.0. The highest BCUT2D eigenvalue weighted by atomic mass is 32.1. The molecule has 5 N–H and O–H groups in total. The molecule has 8 nitrogen and oxygen atoms in total. The molecule has 0 saturated carbocycles. The standard InChI is InChI=1S/C20H21F3N6O2S/c1-29-17(14-6-5-12(24)11(23)8-31-14)13(7-26-29)27-19(30)16-18(25)32-20(28-16)15-9(21)3-2-4-10(15)22/h2-4,7,11-12,14H,5-6,8,24-25H2,1H3,(H,27,30)/t11-,12-,14+/m1/s1. The Kier molecular flexibility index (Phi) is 6.17. The van der Waals surface area contributed by atoms with Crippen molar-refractivity contribution in [2.45, 2.75) is 31.2 Å². The predicted molar refractivity (Wildman–Crippen MR) is 114 cm³/mol. The topological polar surface area (TPSA) is 121 Å². The molecule has 1 aliphatic heterocycles. The number of thiazole rings is 1. The van der Waals surface area contributed by atoms with Gasteiger partial charge >= 0.3 is 0 Å². The van der Waals surface area contributed by atoms with Gasteiger partial charge in [-0.1, -0.05) is 17.4 Å². The van der Waals surface area contributed by atoms with Gasteiger partial charge in [-0.3, -0.25) is 9.48 Å². The maximum atomic E-state index is 14.1. The fourth-order valence-electron chi connectivity index (χ4n) is 3.57. The van der Waals surface area contributed by atoms with Crippen molar-refractivity contribution in [3.05, 3.63) is 47.4 Å². The summed E-state index contributed by atoms with van der Waals surface area (Å²) in [6.45, 7) is -0.166. The van der Waals surface area contributed by atoms with Crippen LogP contribution in [0.25, 0.3) is 10.6 Å². The minimum Gasteiger partial charge on any atom is -0.389 e. The molecule has 0 bridgehead atoms. The highest BCUT2D eigenvalue weighted by Gasteiger charge is 2.30. The Morgan fingerprint density at radius 2 is 2.03 bits per heavy atom. The number of amides is 1. The van der Waals surface area contributed by atoms with E-state index in [1.165, 1.54) is 16.9 Å². The maximum Gasteiger partial charge on any atom is 0.277 e. The quantitative estimate of drug-likeness (QED) is 0.543. The summed E-state index contributed by atoms with van der Waals surface area (Å²) in [6.07, 6.45) is 0.466. The molecule has 0 spiro atoms. The number of alkyl halides is 1. The molecule has 3 aromatic rings. The van der Waals surface area contributed by atoms with E-state index in [2.05, 4.69) is 15.4 Å². The lowest BCUT2D eigenvalue weighted by Gasteiger charge is -2.17. The Morgan fingerprint density at radius 1 is 1.31 bits per heavy atom. The lowest BCUT2D eigenvalue weighted by molar-refractivity contribution is 0.0247. The summed E-state index contributed by atoms with van der Waals surface area (Å²) < 4.78 is 49.3. The van der Waals surface area contributed by atoms with Crippen LogP contribution in [-0.4, -0.2) is 39.5 Å². The number of carbonyl (C=O) groups is 1. The van der Waals surface area contributed by atoms with Gasteiger partial charge in [-0.05, 0) is 25.0 Å². The van der Waals surface area contributed by atoms with Crippen LogP contribution in [0.3, 0.4) is 0 Å². The van der Waals surface area contributed by atoms with E-state index in [9.17, 15) is 18.0 Å². The second-order valence-electron chi connectivity index (χ2n) is 7.43.